The standard InChI is InChI=1S/C28H26F2N6O3/c1-31-24-15-7-21-23(22(15)19(29)8-20(24)30)25(35(2)3)17(11-33-21)13-6-16-26(37)18(28(38)39)12-36(27(16)34-9-13)14-4-5-32-10-14/h6,8-9,11-12,14,31-32H,4-5,7,10H2,1-3H3,(H,38,39). The van der Waals surface area contributed by atoms with Crippen LogP contribution in [0.25, 0.3) is 33.3 Å². The first-order valence-electron chi connectivity index (χ1n) is 12.6. The highest BCUT2D eigenvalue weighted by molar-refractivity contribution is 5.98. The maximum Gasteiger partial charge on any atom is 0.341 e. The van der Waals surface area contributed by atoms with Gasteiger partial charge in [-0.25, -0.2) is 18.6 Å². The number of anilines is 2. The summed E-state index contributed by atoms with van der Waals surface area (Å²) in [7, 11) is 5.22. The van der Waals surface area contributed by atoms with Gasteiger partial charge in [-0.2, -0.15) is 0 Å². The number of carboxylic acid groups (broad SMARTS) is 1. The van der Waals surface area contributed by atoms with E-state index in [0.717, 1.165) is 19.0 Å². The average Bonchev–Trinajstić information content (AvgIpc) is 3.56. The molecule has 2 aliphatic rings. The van der Waals surface area contributed by atoms with Crippen molar-refractivity contribution in [1.82, 2.24) is 19.9 Å². The third-order valence-electron chi connectivity index (χ3n) is 7.59. The van der Waals surface area contributed by atoms with Gasteiger partial charge in [0.05, 0.1) is 22.5 Å². The zero-order chi connectivity index (χ0) is 27.6. The van der Waals surface area contributed by atoms with Gasteiger partial charge in [0.25, 0.3) is 0 Å². The van der Waals surface area contributed by atoms with Crippen LogP contribution in [0.5, 0.6) is 0 Å². The molecule has 1 aromatic carbocycles. The van der Waals surface area contributed by atoms with Gasteiger partial charge < -0.3 is 25.2 Å². The van der Waals surface area contributed by atoms with Crippen LogP contribution in [0, 0.1) is 11.6 Å². The molecule has 1 atom stereocenters. The van der Waals surface area contributed by atoms with E-state index in [0.29, 0.717) is 45.8 Å². The van der Waals surface area contributed by atoms with E-state index in [-0.39, 0.29) is 34.7 Å². The number of pyridine rings is 3. The van der Waals surface area contributed by atoms with Crippen molar-refractivity contribution in [3.63, 3.8) is 0 Å². The fraction of sp³-hybridized carbons (Fsp3) is 0.286. The summed E-state index contributed by atoms with van der Waals surface area (Å²) in [5, 5.41) is 16.0. The molecule has 4 aromatic rings. The molecule has 0 spiro atoms. The van der Waals surface area contributed by atoms with Crippen molar-refractivity contribution >= 4 is 28.4 Å². The van der Waals surface area contributed by atoms with Gasteiger partial charge in [0, 0.05) is 87.1 Å². The number of hydrogen-bond acceptors (Lipinski definition) is 7. The predicted molar refractivity (Wildman–Crippen MR) is 145 cm³/mol. The largest absolute Gasteiger partial charge is 0.477 e. The lowest BCUT2D eigenvalue weighted by atomic mass is 9.97. The second kappa shape index (κ2) is 9.12. The van der Waals surface area contributed by atoms with Crippen molar-refractivity contribution in [2.24, 2.45) is 0 Å². The molecule has 1 fully saturated rings. The minimum absolute atomic E-state index is 0.0372. The summed E-state index contributed by atoms with van der Waals surface area (Å²) >= 11 is 0. The van der Waals surface area contributed by atoms with Crippen molar-refractivity contribution in [2.75, 3.05) is 44.4 Å². The Hall–Kier alpha value is -4.38. The first kappa shape index (κ1) is 24.9. The number of halogens is 2. The van der Waals surface area contributed by atoms with E-state index in [1.54, 1.807) is 30.1 Å². The van der Waals surface area contributed by atoms with Crippen molar-refractivity contribution in [2.45, 2.75) is 18.9 Å². The van der Waals surface area contributed by atoms with Gasteiger partial charge in [0.2, 0.25) is 5.43 Å². The van der Waals surface area contributed by atoms with Gasteiger partial charge in [-0.3, -0.25) is 9.78 Å². The summed E-state index contributed by atoms with van der Waals surface area (Å²) in [6.07, 6.45) is 5.66. The fourth-order valence-corrected chi connectivity index (χ4v) is 5.85. The van der Waals surface area contributed by atoms with Crippen LogP contribution in [0.15, 0.2) is 35.5 Å². The lowest BCUT2D eigenvalue weighted by molar-refractivity contribution is 0.0694. The van der Waals surface area contributed by atoms with E-state index in [9.17, 15) is 19.1 Å². The Kier molecular flexibility index (Phi) is 5.83. The molecule has 9 nitrogen and oxygen atoms in total. The first-order chi connectivity index (χ1) is 18.7. The van der Waals surface area contributed by atoms with Crippen LogP contribution in [-0.2, 0) is 6.42 Å². The number of nitrogens with zero attached hydrogens (tertiary/aromatic N) is 4. The van der Waals surface area contributed by atoms with E-state index >= 15 is 4.39 Å². The highest BCUT2D eigenvalue weighted by Crippen LogP contribution is 2.49. The molecule has 3 N–H and O–H groups in total. The summed E-state index contributed by atoms with van der Waals surface area (Å²) in [4.78, 5) is 36.3. The number of carbonyl (C=O) groups is 1. The highest BCUT2D eigenvalue weighted by Gasteiger charge is 2.32. The maximum absolute atomic E-state index is 15.3. The molecule has 0 saturated carbocycles. The minimum atomic E-state index is -1.31. The number of carboxylic acids is 1. The Morgan fingerprint density at radius 3 is 2.64 bits per heavy atom. The second-order valence-corrected chi connectivity index (χ2v) is 10.1. The van der Waals surface area contributed by atoms with Gasteiger partial charge in [0.15, 0.2) is 0 Å². The van der Waals surface area contributed by atoms with Crippen LogP contribution in [0.1, 0.15) is 34.1 Å². The van der Waals surface area contributed by atoms with Crippen LogP contribution < -0.4 is 21.0 Å². The molecule has 11 heteroatoms. The summed E-state index contributed by atoms with van der Waals surface area (Å²) in [6.45, 7) is 1.42. The monoisotopic (exact) mass is 532 g/mol. The third-order valence-corrected chi connectivity index (χ3v) is 7.59. The summed E-state index contributed by atoms with van der Waals surface area (Å²) in [5.41, 5.74) is 3.37. The molecule has 1 unspecified atom stereocenters. The van der Waals surface area contributed by atoms with Crippen LogP contribution in [0.2, 0.25) is 0 Å². The molecule has 3 aromatic heterocycles. The van der Waals surface area contributed by atoms with Gasteiger partial charge in [-0.1, -0.05) is 0 Å². The first-order valence-corrected chi connectivity index (χ1v) is 12.6. The Morgan fingerprint density at radius 2 is 1.97 bits per heavy atom. The van der Waals surface area contributed by atoms with E-state index in [2.05, 4.69) is 20.6 Å². The van der Waals surface area contributed by atoms with Gasteiger partial charge in [0.1, 0.15) is 22.8 Å². The molecular formula is C28H26F2N6O3. The normalized spacial score (nSPS) is 15.9. The summed E-state index contributed by atoms with van der Waals surface area (Å²) in [5.74, 6) is -2.66. The van der Waals surface area contributed by atoms with Gasteiger partial charge >= 0.3 is 5.97 Å². The Bertz CT molecular complexity index is 1740. The molecule has 0 amide bonds. The molecule has 1 saturated heterocycles. The Labute approximate surface area is 222 Å². The predicted octanol–water partition coefficient (Wildman–Crippen LogP) is 3.65. The minimum Gasteiger partial charge on any atom is -0.477 e. The van der Waals surface area contributed by atoms with E-state index in [4.69, 9.17) is 0 Å². The van der Waals surface area contributed by atoms with Gasteiger partial charge in [-0.05, 0) is 24.6 Å². The smallest absolute Gasteiger partial charge is 0.341 e. The fourth-order valence-electron chi connectivity index (χ4n) is 5.85. The third kappa shape index (κ3) is 3.75. The van der Waals surface area contributed by atoms with Crippen LogP contribution in [0.4, 0.5) is 20.2 Å². The lowest BCUT2D eigenvalue weighted by Gasteiger charge is -2.22. The SMILES string of the molecule is CNc1c(F)cc(F)c2c1Cc1ncc(-c3cnc4c(c3)c(=O)c(C(=O)O)cn4C3CCNC3)c(N(C)C)c1-2. The molecule has 1 aliphatic carbocycles. The van der Waals surface area contributed by atoms with E-state index < -0.39 is 23.0 Å². The second-order valence-electron chi connectivity index (χ2n) is 10.1. The topological polar surface area (TPSA) is 112 Å². The molecule has 4 heterocycles. The number of aromatic nitrogens is 3. The molecular weight excluding hydrogens is 506 g/mol. The molecule has 0 radical (unpaired) electrons. The number of aromatic carboxylic acids is 1. The summed E-state index contributed by atoms with van der Waals surface area (Å²) in [6, 6.07) is 2.46. The van der Waals surface area contributed by atoms with Crippen molar-refractivity contribution in [1.29, 1.82) is 0 Å². The maximum atomic E-state index is 15.3. The van der Waals surface area contributed by atoms with E-state index in [1.165, 1.54) is 6.20 Å². The molecule has 6 rings (SSSR count). The number of rotatable bonds is 5. The Balaban J connectivity index is 1.61. The number of fused-ring (bicyclic) bond motifs is 4. The molecule has 200 valence electrons. The Morgan fingerprint density at radius 1 is 1.18 bits per heavy atom. The number of benzene rings is 1. The molecule has 1 aliphatic heterocycles. The van der Waals surface area contributed by atoms with Crippen LogP contribution >= 0.6 is 0 Å². The lowest BCUT2D eigenvalue weighted by Crippen LogP contribution is -2.23. The van der Waals surface area contributed by atoms with Crippen molar-refractivity contribution in [3.05, 3.63) is 69.4 Å². The molecule has 39 heavy (non-hydrogen) atoms. The zero-order valence-electron chi connectivity index (χ0n) is 21.6. The van der Waals surface area contributed by atoms with Crippen LogP contribution in [0.3, 0.4) is 0 Å². The average molecular weight is 533 g/mol. The van der Waals surface area contributed by atoms with Gasteiger partial charge in [-0.15, -0.1) is 0 Å². The van der Waals surface area contributed by atoms with E-state index in [1.807, 2.05) is 19.0 Å². The summed E-state index contributed by atoms with van der Waals surface area (Å²) < 4.78 is 31.6. The zero-order valence-corrected chi connectivity index (χ0v) is 21.6. The van der Waals surface area contributed by atoms with Crippen molar-refractivity contribution < 1.29 is 18.7 Å². The molecule has 0 bridgehead atoms. The van der Waals surface area contributed by atoms with Crippen molar-refractivity contribution in [3.8, 4) is 22.3 Å². The highest BCUT2D eigenvalue weighted by atomic mass is 19.1. The quantitative estimate of drug-likeness (QED) is 0.315. The number of hydrogen-bond donors (Lipinski definition) is 3. The number of nitrogens with one attached hydrogen (secondary N) is 2. The van der Waals surface area contributed by atoms with Crippen LogP contribution in [-0.4, -0.2) is 59.8 Å².